The van der Waals surface area contributed by atoms with Gasteiger partial charge in [-0.25, -0.2) is 13.8 Å². The van der Waals surface area contributed by atoms with Gasteiger partial charge in [0.1, 0.15) is 5.78 Å². The molecule has 29 heavy (non-hydrogen) atoms. The number of ether oxygens (including phenoxy) is 1. The standard InChI is InChI=1S/C21H23F2N3O3/c1-12-7-16(10-25-21(12)29-11-19(22)23)13(2)26-20(28)15-5-6-24-17(8-15)9-18(27)14-3-4-14/h5-8,10,13-14,19H,3-4,9,11H2,1-2H3,(H,26,28). The van der Waals surface area contributed by atoms with Crippen LogP contribution in [-0.4, -0.2) is 34.7 Å². The Bertz CT molecular complexity index is 900. The summed E-state index contributed by atoms with van der Waals surface area (Å²) in [5.41, 5.74) is 2.33. The van der Waals surface area contributed by atoms with Crippen molar-refractivity contribution in [2.24, 2.45) is 5.92 Å². The zero-order chi connectivity index (χ0) is 21.0. The number of amides is 1. The molecule has 3 rings (SSSR count). The molecule has 8 heteroatoms. The number of hydrogen-bond donors (Lipinski definition) is 1. The minimum Gasteiger partial charge on any atom is -0.471 e. The summed E-state index contributed by atoms with van der Waals surface area (Å²) in [5, 5.41) is 2.87. The maximum Gasteiger partial charge on any atom is 0.272 e. The number of halogens is 2. The lowest BCUT2D eigenvalue weighted by molar-refractivity contribution is -0.119. The molecule has 2 aromatic rings. The summed E-state index contributed by atoms with van der Waals surface area (Å²) in [6.45, 7) is 2.79. The highest BCUT2D eigenvalue weighted by Gasteiger charge is 2.29. The molecule has 6 nitrogen and oxygen atoms in total. The van der Waals surface area contributed by atoms with Gasteiger partial charge in [0.05, 0.1) is 6.04 Å². The summed E-state index contributed by atoms with van der Waals surface area (Å²) in [7, 11) is 0. The molecule has 2 aromatic heterocycles. The number of rotatable bonds is 9. The normalized spacial score (nSPS) is 14.5. The lowest BCUT2D eigenvalue weighted by atomic mass is 10.1. The third-order valence-electron chi connectivity index (χ3n) is 4.71. The van der Waals surface area contributed by atoms with E-state index in [0.717, 1.165) is 18.4 Å². The molecule has 0 aliphatic heterocycles. The Kier molecular flexibility index (Phi) is 6.51. The highest BCUT2D eigenvalue weighted by Crippen LogP contribution is 2.30. The van der Waals surface area contributed by atoms with E-state index in [2.05, 4.69) is 15.3 Å². The highest BCUT2D eigenvalue weighted by atomic mass is 19.3. The van der Waals surface area contributed by atoms with Crippen molar-refractivity contribution in [3.05, 3.63) is 53.0 Å². The zero-order valence-corrected chi connectivity index (χ0v) is 16.3. The molecule has 0 saturated heterocycles. The number of aromatic nitrogens is 2. The van der Waals surface area contributed by atoms with Gasteiger partial charge >= 0.3 is 0 Å². The van der Waals surface area contributed by atoms with Gasteiger partial charge in [0.15, 0.2) is 6.61 Å². The van der Waals surface area contributed by atoms with Gasteiger partial charge in [-0.1, -0.05) is 0 Å². The summed E-state index contributed by atoms with van der Waals surface area (Å²) >= 11 is 0. The number of hydrogen-bond acceptors (Lipinski definition) is 5. The van der Waals surface area contributed by atoms with Crippen molar-refractivity contribution < 1.29 is 23.1 Å². The van der Waals surface area contributed by atoms with Crippen LogP contribution in [0.2, 0.25) is 0 Å². The van der Waals surface area contributed by atoms with Crippen LogP contribution in [0.25, 0.3) is 0 Å². The van der Waals surface area contributed by atoms with Gasteiger partial charge in [0.25, 0.3) is 12.3 Å². The second kappa shape index (κ2) is 9.07. The maximum absolute atomic E-state index is 12.6. The lowest BCUT2D eigenvalue weighted by Gasteiger charge is -2.16. The average molecular weight is 403 g/mol. The fourth-order valence-corrected chi connectivity index (χ4v) is 2.92. The molecule has 1 N–H and O–H groups in total. The molecule has 1 amide bonds. The Labute approximate surface area is 167 Å². The molecule has 1 unspecified atom stereocenters. The molecule has 1 atom stereocenters. The van der Waals surface area contributed by atoms with Crippen LogP contribution in [0.1, 0.15) is 53.0 Å². The summed E-state index contributed by atoms with van der Waals surface area (Å²) in [4.78, 5) is 32.8. The zero-order valence-electron chi connectivity index (χ0n) is 16.3. The van der Waals surface area contributed by atoms with Crippen LogP contribution in [0.5, 0.6) is 5.88 Å². The highest BCUT2D eigenvalue weighted by molar-refractivity contribution is 5.94. The smallest absolute Gasteiger partial charge is 0.272 e. The number of aryl methyl sites for hydroxylation is 1. The predicted molar refractivity (Wildman–Crippen MR) is 102 cm³/mol. The number of carbonyl (C=O) groups excluding carboxylic acids is 2. The van der Waals surface area contributed by atoms with E-state index in [9.17, 15) is 18.4 Å². The third kappa shape index (κ3) is 5.79. The van der Waals surface area contributed by atoms with Gasteiger partial charge < -0.3 is 10.1 Å². The monoisotopic (exact) mass is 403 g/mol. The van der Waals surface area contributed by atoms with Crippen molar-refractivity contribution in [3.63, 3.8) is 0 Å². The molecule has 1 aliphatic carbocycles. The van der Waals surface area contributed by atoms with E-state index in [4.69, 9.17) is 4.74 Å². The second-order valence-electron chi connectivity index (χ2n) is 7.24. The first kappa shape index (κ1) is 20.8. The topological polar surface area (TPSA) is 81.2 Å². The van der Waals surface area contributed by atoms with Crippen LogP contribution < -0.4 is 10.1 Å². The largest absolute Gasteiger partial charge is 0.471 e. The number of ketones is 1. The lowest BCUT2D eigenvalue weighted by Crippen LogP contribution is -2.27. The Balaban J connectivity index is 1.62. The van der Waals surface area contributed by atoms with Crippen LogP contribution in [0.4, 0.5) is 8.78 Å². The van der Waals surface area contributed by atoms with E-state index in [-0.39, 0.29) is 36.0 Å². The average Bonchev–Trinajstić information content (AvgIpc) is 3.52. The summed E-state index contributed by atoms with van der Waals surface area (Å²) in [6.07, 6.45) is 2.57. The van der Waals surface area contributed by atoms with Crippen molar-refractivity contribution in [3.8, 4) is 5.88 Å². The Morgan fingerprint density at radius 2 is 2.03 bits per heavy atom. The minimum atomic E-state index is -2.57. The van der Waals surface area contributed by atoms with Crippen LogP contribution in [0.15, 0.2) is 30.6 Å². The van der Waals surface area contributed by atoms with Crippen molar-refractivity contribution >= 4 is 11.7 Å². The van der Waals surface area contributed by atoms with Gasteiger partial charge in [-0.2, -0.15) is 0 Å². The van der Waals surface area contributed by atoms with Gasteiger partial charge in [0.2, 0.25) is 5.88 Å². The van der Waals surface area contributed by atoms with Crippen LogP contribution in [0.3, 0.4) is 0 Å². The number of nitrogens with zero attached hydrogens (tertiary/aromatic N) is 2. The van der Waals surface area contributed by atoms with E-state index in [1.807, 2.05) is 0 Å². The van der Waals surface area contributed by atoms with E-state index in [0.29, 0.717) is 16.8 Å². The fraction of sp³-hybridized carbons (Fsp3) is 0.429. The summed E-state index contributed by atoms with van der Waals surface area (Å²) in [6, 6.07) is 4.61. The Hall–Kier alpha value is -2.90. The van der Waals surface area contributed by atoms with Gasteiger partial charge in [-0.15, -0.1) is 0 Å². The van der Waals surface area contributed by atoms with Gasteiger partial charge in [0, 0.05) is 41.6 Å². The first-order valence-corrected chi connectivity index (χ1v) is 9.49. The van der Waals surface area contributed by atoms with Crippen LogP contribution >= 0.6 is 0 Å². The predicted octanol–water partition coefficient (Wildman–Crippen LogP) is 3.44. The molecule has 1 saturated carbocycles. The molecule has 0 radical (unpaired) electrons. The Morgan fingerprint density at radius 1 is 1.28 bits per heavy atom. The van der Waals surface area contributed by atoms with Gasteiger partial charge in [-0.05, 0) is 50.5 Å². The minimum absolute atomic E-state index is 0.145. The van der Waals surface area contributed by atoms with Crippen molar-refractivity contribution in [2.45, 2.75) is 45.6 Å². The molecule has 0 bridgehead atoms. The first-order valence-electron chi connectivity index (χ1n) is 9.49. The maximum atomic E-state index is 12.6. The second-order valence-corrected chi connectivity index (χ2v) is 7.24. The van der Waals surface area contributed by atoms with Crippen molar-refractivity contribution in [1.82, 2.24) is 15.3 Å². The van der Waals surface area contributed by atoms with Crippen LogP contribution in [0, 0.1) is 12.8 Å². The number of Topliss-reactive ketones (excluding diaryl/α,β-unsaturated/α-hetero) is 1. The Morgan fingerprint density at radius 3 is 2.69 bits per heavy atom. The molecular formula is C21H23F2N3O3. The number of alkyl halides is 2. The third-order valence-corrected chi connectivity index (χ3v) is 4.71. The van der Waals surface area contributed by atoms with E-state index in [1.54, 1.807) is 32.0 Å². The molecular weight excluding hydrogens is 380 g/mol. The molecule has 0 aromatic carbocycles. The number of nitrogens with one attached hydrogen (secondary N) is 1. The fourth-order valence-electron chi connectivity index (χ4n) is 2.92. The molecule has 154 valence electrons. The van der Waals surface area contributed by atoms with E-state index in [1.165, 1.54) is 12.4 Å². The van der Waals surface area contributed by atoms with Crippen LogP contribution in [-0.2, 0) is 11.2 Å². The van der Waals surface area contributed by atoms with Crippen molar-refractivity contribution in [2.75, 3.05) is 6.61 Å². The summed E-state index contributed by atoms with van der Waals surface area (Å²) in [5.74, 6) is 0.166. The van der Waals surface area contributed by atoms with E-state index >= 15 is 0 Å². The summed E-state index contributed by atoms with van der Waals surface area (Å²) < 4.78 is 29.5. The van der Waals surface area contributed by atoms with E-state index < -0.39 is 13.0 Å². The van der Waals surface area contributed by atoms with Gasteiger partial charge in [-0.3, -0.25) is 14.6 Å². The number of carbonyl (C=O) groups is 2. The quantitative estimate of drug-likeness (QED) is 0.694. The van der Waals surface area contributed by atoms with Crippen molar-refractivity contribution in [1.29, 1.82) is 0 Å². The SMILES string of the molecule is Cc1cc(C(C)NC(=O)c2ccnc(CC(=O)C3CC3)c2)cnc1OCC(F)F. The first-order chi connectivity index (χ1) is 13.8. The number of pyridine rings is 2. The molecule has 1 fully saturated rings. The molecule has 0 spiro atoms. The molecule has 2 heterocycles. The molecule has 1 aliphatic rings.